The van der Waals surface area contributed by atoms with Crippen LogP contribution in [-0.2, 0) is 19.2 Å². The largest absolute Gasteiger partial charge is 0.505 e. The smallest absolute Gasteiger partial charge is 0.270 e. The van der Waals surface area contributed by atoms with E-state index in [0.717, 1.165) is 11.3 Å². The number of phenolic OH excluding ortho intramolecular Hbond substituents is 1. The van der Waals surface area contributed by atoms with Crippen LogP contribution in [0.15, 0.2) is 41.8 Å². The number of aliphatic hydroxyl groups excluding tert-OH is 1. The van der Waals surface area contributed by atoms with E-state index in [0.29, 0.717) is 22.0 Å². The molecular weight excluding hydrogens is 618 g/mol. The predicted octanol–water partition coefficient (Wildman–Crippen LogP) is 2.06. The number of nitrogens with one attached hydrogen (secondary N) is 1. The van der Waals surface area contributed by atoms with E-state index < -0.39 is 87.4 Å². The second-order valence-electron chi connectivity index (χ2n) is 12.1. The van der Waals surface area contributed by atoms with Crippen LogP contribution in [-0.4, -0.2) is 80.3 Å². The van der Waals surface area contributed by atoms with Crippen molar-refractivity contribution in [3.05, 3.63) is 63.0 Å². The number of nitro benzene ring substituents is 1. The number of amides is 1. The molecule has 3 aliphatic rings. The Bertz CT molecular complexity index is 1850. The summed E-state index contributed by atoms with van der Waals surface area (Å²) in [4.78, 5) is 83.6. The minimum atomic E-state index is -1.89. The number of likely N-dealkylation sites (N-methyl/N-ethyl adjacent to an activating group) is 1. The molecule has 46 heavy (non-hydrogen) atoms. The van der Waals surface area contributed by atoms with Crippen molar-refractivity contribution in [3.63, 3.8) is 0 Å². The first-order valence-electron chi connectivity index (χ1n) is 14.4. The van der Waals surface area contributed by atoms with Crippen LogP contribution in [0, 0.1) is 39.7 Å². The van der Waals surface area contributed by atoms with Crippen LogP contribution in [0.4, 0.5) is 16.5 Å². The fraction of sp³-hybridized carbons (Fsp3) is 0.355. The van der Waals surface area contributed by atoms with Gasteiger partial charge in [0.1, 0.15) is 5.75 Å². The molecule has 8 atom stereocenters. The number of non-ortho nitro benzene ring substituents is 1. The maximum atomic E-state index is 14.1. The Morgan fingerprint density at radius 1 is 1.07 bits per heavy atom. The van der Waals surface area contributed by atoms with Crippen LogP contribution in [0.2, 0.25) is 0 Å². The number of aromatic hydroxyl groups is 1. The molecular formula is C31H29N5O9S. The summed E-state index contributed by atoms with van der Waals surface area (Å²) in [6.45, 7) is 1.70. The molecule has 6 rings (SSSR count). The molecule has 0 spiro atoms. The number of hydrogen-bond acceptors (Lipinski definition) is 13. The highest BCUT2D eigenvalue weighted by Gasteiger charge is 2.65. The molecule has 14 nitrogen and oxygen atoms in total. The molecule has 3 aromatic rings. The number of benzene rings is 2. The average molecular weight is 648 g/mol. The van der Waals surface area contributed by atoms with Gasteiger partial charge in [0.25, 0.3) is 5.69 Å². The van der Waals surface area contributed by atoms with Crippen molar-refractivity contribution < 1.29 is 39.1 Å². The van der Waals surface area contributed by atoms with Crippen molar-refractivity contribution in [2.75, 3.05) is 19.4 Å². The normalized spacial score (nSPS) is 28.8. The van der Waals surface area contributed by atoms with Crippen molar-refractivity contribution >= 4 is 56.9 Å². The van der Waals surface area contributed by atoms with E-state index >= 15 is 0 Å². The van der Waals surface area contributed by atoms with Gasteiger partial charge in [-0.15, -0.1) is 11.3 Å². The fourth-order valence-corrected chi connectivity index (χ4v) is 8.17. The van der Waals surface area contributed by atoms with Gasteiger partial charge in [0, 0.05) is 34.9 Å². The number of fused-ring (bicyclic) bond motifs is 3. The lowest BCUT2D eigenvalue weighted by molar-refractivity contribution is -0.384. The first-order valence-corrected chi connectivity index (χ1v) is 15.2. The summed E-state index contributed by atoms with van der Waals surface area (Å²) in [5.74, 6) is -13.0. The molecule has 2 aromatic carbocycles. The molecule has 0 aliphatic heterocycles. The van der Waals surface area contributed by atoms with Crippen LogP contribution in [0.25, 0.3) is 11.3 Å². The molecule has 3 aliphatic carbocycles. The summed E-state index contributed by atoms with van der Waals surface area (Å²) in [6, 6.07) is 7.89. The zero-order valence-corrected chi connectivity index (χ0v) is 25.6. The number of phenols is 1. The van der Waals surface area contributed by atoms with Gasteiger partial charge in [-0.2, -0.15) is 0 Å². The third-order valence-corrected chi connectivity index (χ3v) is 10.2. The van der Waals surface area contributed by atoms with E-state index in [1.54, 1.807) is 24.4 Å². The van der Waals surface area contributed by atoms with Crippen molar-refractivity contribution in [2.24, 2.45) is 35.3 Å². The highest BCUT2D eigenvalue weighted by atomic mass is 32.1. The number of ketones is 4. The number of nitrogens with zero attached hydrogens (tertiary/aromatic N) is 3. The molecule has 15 heteroatoms. The zero-order valence-electron chi connectivity index (χ0n) is 24.7. The minimum Gasteiger partial charge on any atom is -0.505 e. The van der Waals surface area contributed by atoms with Crippen LogP contribution >= 0.6 is 11.3 Å². The Morgan fingerprint density at radius 2 is 1.78 bits per heavy atom. The van der Waals surface area contributed by atoms with Crippen molar-refractivity contribution in [3.8, 4) is 17.0 Å². The second-order valence-corrected chi connectivity index (χ2v) is 13.0. The van der Waals surface area contributed by atoms with Crippen LogP contribution < -0.4 is 11.1 Å². The minimum absolute atomic E-state index is 0.0974. The number of primary amides is 1. The zero-order chi connectivity index (χ0) is 33.4. The first kappa shape index (κ1) is 31.1. The van der Waals surface area contributed by atoms with E-state index in [1.165, 1.54) is 43.3 Å². The topological polar surface area (TPSA) is 223 Å². The van der Waals surface area contributed by atoms with Gasteiger partial charge < -0.3 is 21.3 Å². The van der Waals surface area contributed by atoms with Crippen molar-refractivity contribution in [1.29, 1.82) is 0 Å². The van der Waals surface area contributed by atoms with Gasteiger partial charge in [-0.05, 0) is 31.6 Å². The van der Waals surface area contributed by atoms with E-state index in [4.69, 9.17) is 5.73 Å². The average Bonchev–Trinajstić information content (AvgIpc) is 3.46. The first-order chi connectivity index (χ1) is 21.7. The lowest BCUT2D eigenvalue weighted by Gasteiger charge is -2.52. The number of nitro groups is 1. The number of nitrogens with two attached hydrogens (primary N) is 1. The molecule has 5 unspecified atom stereocenters. The molecule has 1 heterocycles. The number of rotatable bonds is 6. The Labute approximate surface area is 265 Å². The Hall–Kier alpha value is -4.86. The van der Waals surface area contributed by atoms with E-state index in [9.17, 15) is 44.3 Å². The van der Waals surface area contributed by atoms with Gasteiger partial charge in [0.05, 0.1) is 45.8 Å². The lowest BCUT2D eigenvalue weighted by Crippen LogP contribution is -2.69. The fourth-order valence-electron chi connectivity index (χ4n) is 7.44. The summed E-state index contributed by atoms with van der Waals surface area (Å²) in [5, 5.41) is 39.2. The molecule has 2 fully saturated rings. The summed E-state index contributed by atoms with van der Waals surface area (Å²) in [5.41, 5.74) is 6.57. The van der Waals surface area contributed by atoms with Gasteiger partial charge in [-0.1, -0.05) is 25.1 Å². The second kappa shape index (κ2) is 11.2. The molecule has 0 saturated heterocycles. The molecule has 0 radical (unpaired) electrons. The van der Waals surface area contributed by atoms with Gasteiger partial charge >= 0.3 is 0 Å². The van der Waals surface area contributed by atoms with Gasteiger partial charge in [-0.3, -0.25) is 39.0 Å². The van der Waals surface area contributed by atoms with E-state index in [-0.39, 0.29) is 16.9 Å². The van der Waals surface area contributed by atoms with Crippen LogP contribution in [0.5, 0.6) is 5.75 Å². The Morgan fingerprint density at radius 3 is 2.43 bits per heavy atom. The summed E-state index contributed by atoms with van der Waals surface area (Å²) in [7, 11) is 3.06. The maximum Gasteiger partial charge on any atom is 0.270 e. The molecule has 1 aromatic heterocycles. The lowest BCUT2D eigenvalue weighted by atomic mass is 9.51. The Kier molecular flexibility index (Phi) is 7.57. The number of thiazole rings is 1. The number of Topliss-reactive ketones (excluding diaryl/α,β-unsaturated/α-hetero) is 4. The molecule has 0 bridgehead atoms. The molecule has 1 amide bonds. The third-order valence-electron chi connectivity index (χ3n) is 9.45. The monoisotopic (exact) mass is 647 g/mol. The highest BCUT2D eigenvalue weighted by Crippen LogP contribution is 2.54. The summed E-state index contributed by atoms with van der Waals surface area (Å²) < 4.78 is 0. The number of anilines is 2. The molecule has 238 valence electrons. The van der Waals surface area contributed by atoms with Crippen LogP contribution in [0.3, 0.4) is 0 Å². The standard InChI is InChI=1S/C31H29N5O9S/c1-11-14-7-8-15(33-31-34-16(10-46-31)12-5-4-6-13(9-12)36(44)45)24(37)18(14)26(39)20-17(11)25(38)19-21(27(20)40)28(41)22(30(32)43)29(42)23(19)35(2)3/h4-11,17,19-23,25,37-38H,1-3H3,(H2,32,43)(H,33,34)/t11-,17?,19?,20?,21?,22?,23-,25-/m0/s1. The van der Waals surface area contributed by atoms with Gasteiger partial charge in [0.2, 0.25) is 5.91 Å². The van der Waals surface area contributed by atoms with Gasteiger partial charge in [0.15, 0.2) is 34.2 Å². The predicted molar refractivity (Wildman–Crippen MR) is 163 cm³/mol. The number of carbonyl (C=O) groups excluding carboxylic acids is 5. The van der Waals surface area contributed by atoms with Crippen molar-refractivity contribution in [2.45, 2.75) is 25.0 Å². The third kappa shape index (κ3) is 4.61. The summed E-state index contributed by atoms with van der Waals surface area (Å²) in [6.07, 6.45) is -1.45. The molecule has 2 saturated carbocycles. The SMILES string of the molecule is C[C@H]1c2ccc(Nc3nc(-c4cccc([N+](=O)[O-])c4)cs3)c(O)c2C(=O)C2C(=O)C3C(=O)C(C(N)=O)C(=O)[C@@H](N(C)C)C3[C@@H](O)C21. The van der Waals surface area contributed by atoms with Gasteiger partial charge in [-0.25, -0.2) is 4.98 Å². The quantitative estimate of drug-likeness (QED) is 0.131. The highest BCUT2D eigenvalue weighted by molar-refractivity contribution is 7.14. The maximum absolute atomic E-state index is 14.1. The Balaban J connectivity index is 1.36. The van der Waals surface area contributed by atoms with E-state index in [2.05, 4.69) is 10.3 Å². The molecule has 5 N–H and O–H groups in total. The summed E-state index contributed by atoms with van der Waals surface area (Å²) >= 11 is 1.16. The number of hydrogen-bond donors (Lipinski definition) is 4. The number of aliphatic hydroxyl groups is 1. The number of carbonyl (C=O) groups is 5. The number of aromatic nitrogens is 1. The van der Waals surface area contributed by atoms with Crippen LogP contribution in [0.1, 0.15) is 28.8 Å². The van der Waals surface area contributed by atoms with Crippen molar-refractivity contribution in [1.82, 2.24) is 9.88 Å². The van der Waals surface area contributed by atoms with E-state index in [1.807, 2.05) is 0 Å².